The maximum Gasteiger partial charge on any atom is 0.308 e. The van der Waals surface area contributed by atoms with Gasteiger partial charge in [-0.25, -0.2) is 0 Å². The molecule has 0 spiro atoms. The van der Waals surface area contributed by atoms with Gasteiger partial charge in [0.25, 0.3) is 0 Å². The highest BCUT2D eigenvalue weighted by Crippen LogP contribution is 2.46. The van der Waals surface area contributed by atoms with Gasteiger partial charge in [-0.2, -0.15) is 0 Å². The predicted molar refractivity (Wildman–Crippen MR) is 113 cm³/mol. The number of ether oxygens (including phenoxy) is 1. The van der Waals surface area contributed by atoms with Gasteiger partial charge in [0.2, 0.25) is 0 Å². The van der Waals surface area contributed by atoms with Gasteiger partial charge >= 0.3 is 5.97 Å². The van der Waals surface area contributed by atoms with Crippen LogP contribution in [0.3, 0.4) is 0 Å². The second kappa shape index (κ2) is 10.9. The summed E-state index contributed by atoms with van der Waals surface area (Å²) >= 11 is 0. The lowest BCUT2D eigenvalue weighted by molar-refractivity contribution is -0.150. The Labute approximate surface area is 168 Å². The molecule has 0 aliphatic heterocycles. The summed E-state index contributed by atoms with van der Waals surface area (Å²) in [6, 6.07) is 0. The van der Waals surface area contributed by atoms with Crippen molar-refractivity contribution in [3.8, 4) is 0 Å². The zero-order valence-corrected chi connectivity index (χ0v) is 18.1. The van der Waals surface area contributed by atoms with Crippen LogP contribution in [0.25, 0.3) is 0 Å². The van der Waals surface area contributed by atoms with E-state index in [0.29, 0.717) is 6.61 Å². The summed E-state index contributed by atoms with van der Waals surface area (Å²) in [5.41, 5.74) is 0. The largest absolute Gasteiger partial charge is 0.465 e. The van der Waals surface area contributed by atoms with Gasteiger partial charge in [-0.05, 0) is 100 Å². The van der Waals surface area contributed by atoms with Crippen LogP contribution in [0.1, 0.15) is 110 Å². The summed E-state index contributed by atoms with van der Waals surface area (Å²) in [7, 11) is 0. The zero-order chi connectivity index (χ0) is 19.1. The van der Waals surface area contributed by atoms with Gasteiger partial charge in [0, 0.05) is 0 Å². The van der Waals surface area contributed by atoms with Crippen LogP contribution in [-0.2, 0) is 9.53 Å². The van der Waals surface area contributed by atoms with Gasteiger partial charge in [-0.15, -0.1) is 0 Å². The predicted octanol–water partition coefficient (Wildman–Crippen LogP) is 7.16. The van der Waals surface area contributed by atoms with Crippen molar-refractivity contribution in [2.75, 3.05) is 6.61 Å². The van der Waals surface area contributed by atoms with E-state index in [1.807, 2.05) is 0 Å². The van der Waals surface area contributed by atoms with Crippen LogP contribution < -0.4 is 0 Å². The van der Waals surface area contributed by atoms with E-state index in [9.17, 15) is 4.79 Å². The lowest BCUT2D eigenvalue weighted by Crippen LogP contribution is -2.31. The third-order valence-corrected chi connectivity index (χ3v) is 8.47. The molecule has 0 amide bonds. The van der Waals surface area contributed by atoms with Crippen molar-refractivity contribution >= 4 is 5.97 Å². The maximum atomic E-state index is 12.2. The molecule has 2 heteroatoms. The van der Waals surface area contributed by atoms with E-state index in [4.69, 9.17) is 4.74 Å². The molecule has 0 saturated heterocycles. The van der Waals surface area contributed by atoms with Crippen molar-refractivity contribution in [1.29, 1.82) is 0 Å². The van der Waals surface area contributed by atoms with Crippen molar-refractivity contribution in [2.45, 2.75) is 110 Å². The average Bonchev–Trinajstić information content (AvgIpc) is 2.74. The summed E-state index contributed by atoms with van der Waals surface area (Å²) in [6.07, 6.45) is 20.1. The Balaban J connectivity index is 1.34. The van der Waals surface area contributed by atoms with Crippen LogP contribution in [0.2, 0.25) is 0 Å². The second-order valence-electron chi connectivity index (χ2n) is 10.00. The minimum absolute atomic E-state index is 0.0910. The molecule has 0 heterocycles. The maximum absolute atomic E-state index is 12.2. The first-order chi connectivity index (χ1) is 13.2. The van der Waals surface area contributed by atoms with Crippen LogP contribution in [-0.4, -0.2) is 12.6 Å². The Morgan fingerprint density at radius 3 is 1.59 bits per heavy atom. The molecule has 3 saturated carbocycles. The van der Waals surface area contributed by atoms with Crippen molar-refractivity contribution in [3.05, 3.63) is 0 Å². The Morgan fingerprint density at radius 2 is 1.15 bits per heavy atom. The highest BCUT2D eigenvalue weighted by Gasteiger charge is 2.35. The third-order valence-electron chi connectivity index (χ3n) is 8.47. The molecule has 0 unspecified atom stereocenters. The molecule has 3 aliphatic rings. The van der Waals surface area contributed by atoms with Gasteiger partial charge < -0.3 is 4.74 Å². The quantitative estimate of drug-likeness (QED) is 0.348. The number of carbonyl (C=O) groups excluding carboxylic acids is 1. The number of unbranched alkanes of at least 4 members (excludes halogenated alkanes) is 1. The standard InChI is InChI=1S/C25H44O2/c1-3-5-18-27-25(26)24-16-14-23(15-17-24)22-12-10-21(11-13-22)20-8-6-19(4-2)7-9-20/h19-24H,3-18H2,1-2H3. The molecule has 3 aliphatic carbocycles. The second-order valence-corrected chi connectivity index (χ2v) is 10.00. The number of rotatable bonds is 7. The van der Waals surface area contributed by atoms with Crippen molar-refractivity contribution in [1.82, 2.24) is 0 Å². The minimum Gasteiger partial charge on any atom is -0.465 e. The lowest BCUT2D eigenvalue weighted by Gasteiger charge is -2.41. The minimum atomic E-state index is 0.0910. The van der Waals surface area contributed by atoms with Crippen LogP contribution in [0, 0.1) is 35.5 Å². The van der Waals surface area contributed by atoms with E-state index in [-0.39, 0.29) is 11.9 Å². The summed E-state index contributed by atoms with van der Waals surface area (Å²) in [5.74, 6) is 5.23. The van der Waals surface area contributed by atoms with Crippen molar-refractivity contribution in [3.63, 3.8) is 0 Å². The number of carbonyl (C=O) groups is 1. The fourth-order valence-corrected chi connectivity index (χ4v) is 6.42. The van der Waals surface area contributed by atoms with Gasteiger partial charge in [-0.3, -0.25) is 4.79 Å². The lowest BCUT2D eigenvalue weighted by atomic mass is 9.65. The van der Waals surface area contributed by atoms with Crippen LogP contribution in [0.4, 0.5) is 0 Å². The van der Waals surface area contributed by atoms with E-state index < -0.39 is 0 Å². The van der Waals surface area contributed by atoms with Gasteiger partial charge in [-0.1, -0.05) is 39.5 Å². The number of hydrogen-bond acceptors (Lipinski definition) is 2. The molecule has 2 nitrogen and oxygen atoms in total. The number of hydrogen-bond donors (Lipinski definition) is 0. The molecule has 156 valence electrons. The molecule has 3 fully saturated rings. The summed E-state index contributed by atoms with van der Waals surface area (Å²) in [6.45, 7) is 5.14. The SMILES string of the molecule is CCCCOC(=O)C1CCC(C2CCC(C3CCC(CC)CC3)CC2)CC1. The molecule has 0 atom stereocenters. The first kappa shape index (κ1) is 21.2. The fraction of sp³-hybridized carbons (Fsp3) is 0.960. The fourth-order valence-electron chi connectivity index (χ4n) is 6.42. The van der Waals surface area contributed by atoms with Crippen molar-refractivity contribution < 1.29 is 9.53 Å². The van der Waals surface area contributed by atoms with Gasteiger partial charge in [0.05, 0.1) is 12.5 Å². The number of esters is 1. The molecule has 0 aromatic rings. The van der Waals surface area contributed by atoms with Gasteiger partial charge in [0.15, 0.2) is 0 Å². The molecular formula is C25H44O2. The molecule has 0 bridgehead atoms. The van der Waals surface area contributed by atoms with Crippen LogP contribution in [0.15, 0.2) is 0 Å². The highest BCUT2D eigenvalue weighted by molar-refractivity contribution is 5.72. The molecular weight excluding hydrogens is 332 g/mol. The molecule has 0 aromatic heterocycles. The highest BCUT2D eigenvalue weighted by atomic mass is 16.5. The molecule has 0 N–H and O–H groups in total. The molecule has 0 aromatic carbocycles. The molecule has 0 radical (unpaired) electrons. The van der Waals surface area contributed by atoms with E-state index >= 15 is 0 Å². The summed E-state index contributed by atoms with van der Waals surface area (Å²) < 4.78 is 5.46. The smallest absolute Gasteiger partial charge is 0.308 e. The summed E-state index contributed by atoms with van der Waals surface area (Å²) in [4.78, 5) is 12.2. The van der Waals surface area contributed by atoms with Gasteiger partial charge in [0.1, 0.15) is 0 Å². The first-order valence-corrected chi connectivity index (χ1v) is 12.4. The third kappa shape index (κ3) is 5.97. The average molecular weight is 377 g/mol. The van der Waals surface area contributed by atoms with E-state index in [1.54, 1.807) is 0 Å². The first-order valence-electron chi connectivity index (χ1n) is 12.4. The van der Waals surface area contributed by atoms with E-state index in [0.717, 1.165) is 55.3 Å². The monoisotopic (exact) mass is 376 g/mol. The zero-order valence-electron chi connectivity index (χ0n) is 18.1. The Morgan fingerprint density at radius 1 is 0.704 bits per heavy atom. The Bertz CT molecular complexity index is 422. The Kier molecular flexibility index (Phi) is 8.52. The van der Waals surface area contributed by atoms with Crippen molar-refractivity contribution in [2.24, 2.45) is 35.5 Å². The van der Waals surface area contributed by atoms with Crippen LogP contribution >= 0.6 is 0 Å². The van der Waals surface area contributed by atoms with E-state index in [2.05, 4.69) is 13.8 Å². The topological polar surface area (TPSA) is 26.3 Å². The Hall–Kier alpha value is -0.530. The normalized spacial score (nSPS) is 37.7. The van der Waals surface area contributed by atoms with Crippen LogP contribution in [0.5, 0.6) is 0 Å². The molecule has 3 rings (SSSR count). The molecule has 27 heavy (non-hydrogen) atoms. The van der Waals surface area contributed by atoms with E-state index in [1.165, 1.54) is 70.6 Å². The summed E-state index contributed by atoms with van der Waals surface area (Å²) in [5, 5.41) is 0.